The number of rotatable bonds is 9. The Morgan fingerprint density at radius 2 is 2.15 bits per heavy atom. The van der Waals surface area contributed by atoms with Crippen LogP contribution >= 0.6 is 11.3 Å². The Kier molecular flexibility index (Phi) is 6.60. The van der Waals surface area contributed by atoms with Gasteiger partial charge in [-0.2, -0.15) is 0 Å². The van der Waals surface area contributed by atoms with E-state index in [2.05, 4.69) is 24.1 Å². The van der Waals surface area contributed by atoms with Crippen LogP contribution < -0.4 is 5.32 Å². The number of nitrogens with one attached hydrogen (secondary N) is 1. The quantitative estimate of drug-likeness (QED) is 0.538. The third-order valence-electron chi connectivity index (χ3n) is 2.34. The number of carbonyl (C=O) groups is 2. The van der Waals surface area contributed by atoms with Crippen LogP contribution in [0.5, 0.6) is 0 Å². The topological polar surface area (TPSA) is 88.5 Å². The van der Waals surface area contributed by atoms with E-state index in [9.17, 15) is 9.59 Å². The number of hydrogen-bond donors (Lipinski definition) is 2. The summed E-state index contributed by atoms with van der Waals surface area (Å²) in [4.78, 5) is 26.4. The largest absolute Gasteiger partial charge is 0.476 e. The number of carboxylic acid groups (broad SMARTS) is 1. The third kappa shape index (κ3) is 5.26. The first-order valence-corrected chi connectivity index (χ1v) is 7.30. The van der Waals surface area contributed by atoms with Crippen LogP contribution in [0.2, 0.25) is 0 Å². The molecule has 112 valence electrons. The van der Waals surface area contributed by atoms with Gasteiger partial charge in [0.1, 0.15) is 4.88 Å². The van der Waals surface area contributed by atoms with Crippen molar-refractivity contribution >= 4 is 28.2 Å². The lowest BCUT2D eigenvalue weighted by atomic mass is 10.2. The fraction of sp³-hybridized carbons (Fsp3) is 0.615. The monoisotopic (exact) mass is 300 g/mol. The number of ether oxygens (including phenoxy) is 1. The van der Waals surface area contributed by atoms with Crippen molar-refractivity contribution in [2.45, 2.75) is 27.2 Å². The molecule has 0 spiro atoms. The normalized spacial score (nSPS) is 10.8. The van der Waals surface area contributed by atoms with Gasteiger partial charge < -0.3 is 15.2 Å². The number of thiazole rings is 1. The zero-order valence-corrected chi connectivity index (χ0v) is 12.7. The van der Waals surface area contributed by atoms with E-state index >= 15 is 0 Å². The van der Waals surface area contributed by atoms with Crippen molar-refractivity contribution in [1.29, 1.82) is 0 Å². The average Bonchev–Trinajstić information content (AvgIpc) is 2.77. The molecule has 0 unspecified atom stereocenters. The smallest absolute Gasteiger partial charge is 0.356 e. The molecular weight excluding hydrogens is 280 g/mol. The molecule has 0 aliphatic carbocycles. The van der Waals surface area contributed by atoms with Gasteiger partial charge in [-0.1, -0.05) is 25.2 Å². The van der Waals surface area contributed by atoms with Crippen molar-refractivity contribution in [1.82, 2.24) is 4.98 Å². The first-order chi connectivity index (χ1) is 9.41. The van der Waals surface area contributed by atoms with Crippen LogP contribution in [0.4, 0.5) is 5.13 Å². The Balaban J connectivity index is 2.43. The lowest BCUT2D eigenvalue weighted by molar-refractivity contribution is 0.0687. The van der Waals surface area contributed by atoms with Crippen molar-refractivity contribution in [3.8, 4) is 0 Å². The lowest BCUT2D eigenvalue weighted by Gasteiger charge is -2.06. The molecule has 0 aliphatic rings. The molecular formula is C13H20N2O4S. The summed E-state index contributed by atoms with van der Waals surface area (Å²) in [6, 6.07) is 0. The molecule has 0 atom stereocenters. The molecule has 6 nitrogen and oxygen atoms in total. The van der Waals surface area contributed by atoms with E-state index in [1.807, 2.05) is 0 Å². The molecule has 1 heterocycles. The van der Waals surface area contributed by atoms with Gasteiger partial charge in [0.15, 0.2) is 16.6 Å². The second-order valence-electron chi connectivity index (χ2n) is 4.81. The Hall–Kier alpha value is -1.47. The van der Waals surface area contributed by atoms with Crippen molar-refractivity contribution in [3.63, 3.8) is 0 Å². The maximum absolute atomic E-state index is 11.3. The van der Waals surface area contributed by atoms with Crippen LogP contribution in [-0.4, -0.2) is 41.6 Å². The predicted octanol–water partition coefficient (Wildman–Crippen LogP) is 2.52. The Morgan fingerprint density at radius 3 is 2.65 bits per heavy atom. The number of aromatic carboxylic acids is 1. The average molecular weight is 300 g/mol. The van der Waals surface area contributed by atoms with E-state index in [0.29, 0.717) is 24.2 Å². The maximum atomic E-state index is 11.3. The number of carboxylic acids is 1. The number of Topliss-reactive ketones (excluding diaryl/α,β-unsaturated/α-hetero) is 1. The first kappa shape index (κ1) is 16.6. The Bertz CT molecular complexity index is 439. The highest BCUT2D eigenvalue weighted by molar-refractivity contribution is 7.17. The molecule has 0 fully saturated rings. The Morgan fingerprint density at radius 1 is 1.45 bits per heavy atom. The predicted molar refractivity (Wildman–Crippen MR) is 77.8 cm³/mol. The highest BCUT2D eigenvalue weighted by Crippen LogP contribution is 2.23. The summed E-state index contributed by atoms with van der Waals surface area (Å²) < 4.78 is 5.43. The van der Waals surface area contributed by atoms with E-state index in [-0.39, 0.29) is 16.4 Å². The van der Waals surface area contributed by atoms with Gasteiger partial charge in [-0.15, -0.1) is 0 Å². The zero-order valence-electron chi connectivity index (χ0n) is 11.9. The first-order valence-electron chi connectivity index (χ1n) is 6.48. The summed E-state index contributed by atoms with van der Waals surface area (Å²) in [5.41, 5.74) is -0.180. The van der Waals surface area contributed by atoms with Gasteiger partial charge in [0, 0.05) is 26.7 Å². The summed E-state index contributed by atoms with van der Waals surface area (Å²) in [5.74, 6) is -0.953. The molecule has 20 heavy (non-hydrogen) atoms. The highest BCUT2D eigenvalue weighted by Gasteiger charge is 2.20. The molecule has 0 radical (unpaired) electrons. The van der Waals surface area contributed by atoms with Gasteiger partial charge in [0.05, 0.1) is 0 Å². The summed E-state index contributed by atoms with van der Waals surface area (Å²) in [5, 5.41) is 12.4. The number of nitrogens with zero attached hydrogens (tertiary/aromatic N) is 1. The molecule has 0 bridgehead atoms. The van der Waals surface area contributed by atoms with E-state index in [4.69, 9.17) is 9.84 Å². The van der Waals surface area contributed by atoms with Crippen LogP contribution in [0, 0.1) is 5.92 Å². The molecule has 0 saturated carbocycles. The minimum atomic E-state index is -1.18. The molecule has 0 aromatic carbocycles. The minimum absolute atomic E-state index is 0.177. The molecule has 0 saturated heterocycles. The van der Waals surface area contributed by atoms with Gasteiger partial charge in [-0.3, -0.25) is 4.79 Å². The molecule has 1 rings (SSSR count). The van der Waals surface area contributed by atoms with Crippen molar-refractivity contribution in [2.24, 2.45) is 5.92 Å². The zero-order chi connectivity index (χ0) is 15.1. The van der Waals surface area contributed by atoms with E-state index in [1.54, 1.807) is 0 Å². The van der Waals surface area contributed by atoms with Gasteiger partial charge in [-0.25, -0.2) is 9.78 Å². The second kappa shape index (κ2) is 7.96. The van der Waals surface area contributed by atoms with E-state index < -0.39 is 5.97 Å². The molecule has 0 aliphatic heterocycles. The van der Waals surface area contributed by atoms with Crippen LogP contribution in [-0.2, 0) is 4.74 Å². The minimum Gasteiger partial charge on any atom is -0.476 e. The fourth-order valence-corrected chi connectivity index (χ4v) is 2.35. The van der Waals surface area contributed by atoms with Crippen LogP contribution in [0.1, 0.15) is 47.4 Å². The SMILES string of the molecule is CC(=O)c1sc(NCCCOCC(C)C)nc1C(=O)O. The van der Waals surface area contributed by atoms with Gasteiger partial charge in [0.2, 0.25) is 0 Å². The van der Waals surface area contributed by atoms with Crippen molar-refractivity contribution in [3.05, 3.63) is 10.6 Å². The number of hydrogen-bond acceptors (Lipinski definition) is 6. The van der Waals surface area contributed by atoms with Gasteiger partial charge in [0.25, 0.3) is 0 Å². The molecule has 2 N–H and O–H groups in total. The molecule has 1 aromatic rings. The van der Waals surface area contributed by atoms with Crippen LogP contribution in [0.15, 0.2) is 0 Å². The molecule has 0 amide bonds. The van der Waals surface area contributed by atoms with E-state index in [1.165, 1.54) is 6.92 Å². The van der Waals surface area contributed by atoms with Crippen LogP contribution in [0.25, 0.3) is 0 Å². The summed E-state index contributed by atoms with van der Waals surface area (Å²) in [6.45, 7) is 7.51. The highest BCUT2D eigenvalue weighted by atomic mass is 32.1. The lowest BCUT2D eigenvalue weighted by Crippen LogP contribution is -2.08. The number of anilines is 1. The fourth-order valence-electron chi connectivity index (χ4n) is 1.47. The number of carbonyl (C=O) groups excluding carboxylic acids is 1. The maximum Gasteiger partial charge on any atom is 0.356 e. The summed E-state index contributed by atoms with van der Waals surface area (Å²) >= 11 is 1.07. The summed E-state index contributed by atoms with van der Waals surface area (Å²) in [6.07, 6.45) is 0.796. The Labute approximate surface area is 122 Å². The standard InChI is InChI=1S/C13H20N2O4S/c1-8(2)7-19-6-4-5-14-13-15-10(12(17)18)11(20-13)9(3)16/h8H,4-7H2,1-3H3,(H,14,15)(H,17,18). The molecule has 1 aromatic heterocycles. The van der Waals surface area contributed by atoms with E-state index in [0.717, 1.165) is 24.4 Å². The third-order valence-corrected chi connectivity index (χ3v) is 3.46. The van der Waals surface area contributed by atoms with Crippen molar-refractivity contribution in [2.75, 3.05) is 25.1 Å². The number of ketones is 1. The van der Waals surface area contributed by atoms with Gasteiger partial charge in [-0.05, 0) is 12.3 Å². The second-order valence-corrected chi connectivity index (χ2v) is 5.81. The number of aromatic nitrogens is 1. The van der Waals surface area contributed by atoms with Crippen LogP contribution in [0.3, 0.4) is 0 Å². The van der Waals surface area contributed by atoms with Gasteiger partial charge >= 0.3 is 5.97 Å². The van der Waals surface area contributed by atoms with Crippen molar-refractivity contribution < 1.29 is 19.4 Å². The molecule has 7 heteroatoms. The summed E-state index contributed by atoms with van der Waals surface area (Å²) in [7, 11) is 0.